The second-order valence-corrected chi connectivity index (χ2v) is 14.5. The maximum atomic E-state index is 14.0. The lowest BCUT2D eigenvalue weighted by Crippen LogP contribution is -2.53. The first-order chi connectivity index (χ1) is 23.4. The molecule has 49 heavy (non-hydrogen) atoms. The third-order valence-electron chi connectivity index (χ3n) is 8.07. The van der Waals surface area contributed by atoms with E-state index in [-0.39, 0.29) is 18.5 Å². The molecule has 3 rings (SSSR count). The van der Waals surface area contributed by atoms with Gasteiger partial charge in [-0.25, -0.2) is 22.0 Å². The van der Waals surface area contributed by atoms with E-state index in [2.05, 4.69) is 10.6 Å². The van der Waals surface area contributed by atoms with Crippen LogP contribution in [0.1, 0.15) is 63.1 Å². The van der Waals surface area contributed by atoms with E-state index in [4.69, 9.17) is 15.2 Å². The van der Waals surface area contributed by atoms with Crippen molar-refractivity contribution in [1.29, 1.82) is 0 Å². The number of hydrogen-bond acceptors (Lipinski definition) is 8. The number of amides is 1. The second kappa shape index (κ2) is 20.0. The van der Waals surface area contributed by atoms with Gasteiger partial charge in [-0.3, -0.25) is 4.79 Å². The molecule has 3 aromatic carbocycles. The van der Waals surface area contributed by atoms with Gasteiger partial charge >= 0.3 is 5.97 Å². The standard InChI is InChI=1S/C37H49F2N3O6S/c1-4-11-32(12-5-2)49(45,46)25-34(42-36(43)24-47-31-15-8-7-9-16-31)37(44)48-35(23-41-22-27-14-10-13-26(6-3)17-27)33(40)20-28-18-29(38)21-30(39)19-28/h7-10,13-19,21,32-35,41H,4-6,11-12,20,22-25,40H2,1-3H3,(H,42,43)/t33-,34-,35+/m0/s1. The van der Waals surface area contributed by atoms with E-state index in [0.29, 0.717) is 38.0 Å². The van der Waals surface area contributed by atoms with E-state index < -0.39 is 69.1 Å². The number of halogens is 2. The summed E-state index contributed by atoms with van der Waals surface area (Å²) in [5, 5.41) is 5.05. The summed E-state index contributed by atoms with van der Waals surface area (Å²) in [5.41, 5.74) is 8.89. The highest BCUT2D eigenvalue weighted by Crippen LogP contribution is 2.19. The van der Waals surface area contributed by atoms with Crippen molar-refractivity contribution in [2.75, 3.05) is 18.9 Å². The van der Waals surface area contributed by atoms with E-state index in [1.165, 1.54) is 0 Å². The van der Waals surface area contributed by atoms with Gasteiger partial charge in [0.2, 0.25) is 0 Å². The van der Waals surface area contributed by atoms with Crippen molar-refractivity contribution < 1.29 is 36.3 Å². The molecule has 9 nitrogen and oxygen atoms in total. The van der Waals surface area contributed by atoms with Gasteiger partial charge in [0.15, 0.2) is 16.4 Å². The van der Waals surface area contributed by atoms with Crippen LogP contribution in [0.2, 0.25) is 0 Å². The van der Waals surface area contributed by atoms with Crippen molar-refractivity contribution >= 4 is 21.7 Å². The highest BCUT2D eigenvalue weighted by Gasteiger charge is 2.35. The van der Waals surface area contributed by atoms with Crippen LogP contribution >= 0.6 is 0 Å². The largest absolute Gasteiger partial charge is 0.484 e. The summed E-state index contributed by atoms with van der Waals surface area (Å²) in [4.78, 5) is 26.8. The minimum Gasteiger partial charge on any atom is -0.484 e. The fourth-order valence-corrected chi connectivity index (χ4v) is 7.69. The molecule has 0 saturated heterocycles. The Balaban J connectivity index is 1.85. The zero-order chi connectivity index (χ0) is 35.8. The number of hydrogen-bond donors (Lipinski definition) is 3. The van der Waals surface area contributed by atoms with Gasteiger partial charge < -0.3 is 25.8 Å². The van der Waals surface area contributed by atoms with E-state index in [9.17, 15) is 26.8 Å². The fraction of sp³-hybridized carbons (Fsp3) is 0.459. The monoisotopic (exact) mass is 701 g/mol. The Hall–Kier alpha value is -3.87. The van der Waals surface area contributed by atoms with E-state index in [1.54, 1.807) is 30.3 Å². The minimum atomic E-state index is -3.86. The van der Waals surface area contributed by atoms with Gasteiger partial charge in [-0.15, -0.1) is 0 Å². The van der Waals surface area contributed by atoms with Crippen LogP contribution in [0, 0.1) is 11.6 Å². The molecule has 0 bridgehead atoms. The Morgan fingerprint density at radius 1 is 0.857 bits per heavy atom. The molecule has 12 heteroatoms. The van der Waals surface area contributed by atoms with Crippen LogP contribution < -0.4 is 21.1 Å². The van der Waals surface area contributed by atoms with Gasteiger partial charge in [0, 0.05) is 25.2 Å². The Morgan fingerprint density at radius 2 is 1.51 bits per heavy atom. The second-order valence-electron chi connectivity index (χ2n) is 12.2. The number of benzene rings is 3. The summed E-state index contributed by atoms with van der Waals surface area (Å²) in [7, 11) is -3.86. The molecule has 0 fully saturated rings. The maximum Gasteiger partial charge on any atom is 0.330 e. The molecule has 4 N–H and O–H groups in total. The van der Waals surface area contributed by atoms with Crippen molar-refractivity contribution in [1.82, 2.24) is 10.6 Å². The van der Waals surface area contributed by atoms with Crippen molar-refractivity contribution in [3.8, 4) is 5.75 Å². The van der Waals surface area contributed by atoms with Crippen LogP contribution in [0.15, 0.2) is 72.8 Å². The summed E-state index contributed by atoms with van der Waals surface area (Å²) in [5.74, 6) is -3.52. The minimum absolute atomic E-state index is 0.0416. The number of para-hydroxylation sites is 1. The number of carbonyl (C=O) groups is 2. The molecule has 268 valence electrons. The summed E-state index contributed by atoms with van der Waals surface area (Å²) >= 11 is 0. The average Bonchev–Trinajstić information content (AvgIpc) is 3.06. The van der Waals surface area contributed by atoms with Gasteiger partial charge in [-0.2, -0.15) is 0 Å². The number of ether oxygens (including phenoxy) is 2. The van der Waals surface area contributed by atoms with Crippen LogP contribution in [0.5, 0.6) is 5.75 Å². The number of aryl methyl sites for hydroxylation is 1. The van der Waals surface area contributed by atoms with Crippen LogP contribution in [-0.4, -0.2) is 62.6 Å². The Labute approximate surface area is 288 Å². The number of nitrogens with one attached hydrogen (secondary N) is 2. The quantitative estimate of drug-likeness (QED) is 0.131. The fourth-order valence-electron chi connectivity index (χ4n) is 5.55. The molecule has 0 saturated carbocycles. The van der Waals surface area contributed by atoms with Gasteiger partial charge in [0.1, 0.15) is 29.5 Å². The van der Waals surface area contributed by atoms with Crippen molar-refractivity contribution in [2.45, 2.75) is 89.3 Å². The third-order valence-corrected chi connectivity index (χ3v) is 10.4. The molecule has 0 heterocycles. The molecular formula is C37H49F2N3O6S. The summed E-state index contributed by atoms with van der Waals surface area (Å²) in [6, 6.07) is 17.1. The van der Waals surface area contributed by atoms with Crippen molar-refractivity contribution in [3.05, 3.63) is 101 Å². The average molecular weight is 702 g/mol. The summed E-state index contributed by atoms with van der Waals surface area (Å²) < 4.78 is 66.5. The first-order valence-corrected chi connectivity index (χ1v) is 18.5. The Kier molecular flexibility index (Phi) is 16.1. The molecule has 0 aliphatic rings. The molecule has 0 aliphatic carbocycles. The van der Waals surface area contributed by atoms with Crippen molar-refractivity contribution in [3.63, 3.8) is 0 Å². The first kappa shape index (κ1) is 39.6. The molecular weight excluding hydrogens is 652 g/mol. The molecule has 0 spiro atoms. The van der Waals surface area contributed by atoms with Crippen LogP contribution in [0.25, 0.3) is 0 Å². The van der Waals surface area contributed by atoms with Gasteiger partial charge in [0.25, 0.3) is 5.91 Å². The molecule has 0 radical (unpaired) electrons. The number of nitrogens with two attached hydrogens (primary N) is 1. The summed E-state index contributed by atoms with van der Waals surface area (Å²) in [6.45, 7) is 5.80. The highest BCUT2D eigenvalue weighted by molar-refractivity contribution is 7.92. The number of carbonyl (C=O) groups excluding carboxylic acids is 2. The predicted molar refractivity (Wildman–Crippen MR) is 187 cm³/mol. The van der Waals surface area contributed by atoms with E-state index in [1.807, 2.05) is 45.0 Å². The van der Waals surface area contributed by atoms with Crippen molar-refractivity contribution in [2.24, 2.45) is 5.73 Å². The van der Waals surface area contributed by atoms with Gasteiger partial charge in [0.05, 0.1) is 11.0 Å². The van der Waals surface area contributed by atoms with Gasteiger partial charge in [-0.1, -0.05) is 76.1 Å². The zero-order valence-electron chi connectivity index (χ0n) is 28.5. The predicted octanol–water partition coefficient (Wildman–Crippen LogP) is 5.05. The molecule has 0 unspecified atom stereocenters. The molecule has 3 atom stereocenters. The number of esters is 1. The van der Waals surface area contributed by atoms with E-state index >= 15 is 0 Å². The smallest absolute Gasteiger partial charge is 0.330 e. The van der Waals surface area contributed by atoms with Crippen LogP contribution in [-0.2, 0) is 43.5 Å². The lowest BCUT2D eigenvalue weighted by Gasteiger charge is -2.28. The highest BCUT2D eigenvalue weighted by atomic mass is 32.2. The molecule has 3 aromatic rings. The van der Waals surface area contributed by atoms with Crippen LogP contribution in [0.3, 0.4) is 0 Å². The third kappa shape index (κ3) is 13.5. The number of rotatable bonds is 21. The SMILES string of the molecule is CCCC(CCC)S(=O)(=O)C[C@H](NC(=O)COc1ccccc1)C(=O)O[C@H](CNCc1cccc(CC)c1)[C@@H](N)Cc1cc(F)cc(F)c1. The summed E-state index contributed by atoms with van der Waals surface area (Å²) in [6.07, 6.45) is 1.81. The zero-order valence-corrected chi connectivity index (χ0v) is 29.3. The lowest BCUT2D eigenvalue weighted by atomic mass is 10.0. The molecule has 1 amide bonds. The molecule has 0 aromatic heterocycles. The topological polar surface area (TPSA) is 137 Å². The lowest BCUT2D eigenvalue weighted by molar-refractivity contribution is -0.153. The van der Waals surface area contributed by atoms with Gasteiger partial charge in [-0.05, 0) is 66.6 Å². The Bertz CT molecular complexity index is 1570. The van der Waals surface area contributed by atoms with Crippen LogP contribution in [0.4, 0.5) is 8.78 Å². The molecule has 0 aliphatic heterocycles. The van der Waals surface area contributed by atoms with E-state index in [0.717, 1.165) is 35.7 Å². The normalized spacial score (nSPS) is 13.4. The maximum absolute atomic E-state index is 14.0. The Morgan fingerprint density at radius 3 is 2.14 bits per heavy atom. The number of sulfone groups is 1. The first-order valence-electron chi connectivity index (χ1n) is 16.8.